The normalized spacial score (nSPS) is 36.9. The van der Waals surface area contributed by atoms with Crippen molar-refractivity contribution in [2.24, 2.45) is 39.4 Å². The van der Waals surface area contributed by atoms with Crippen LogP contribution in [0, 0.1) is 39.4 Å². The summed E-state index contributed by atoms with van der Waals surface area (Å²) in [6, 6.07) is 0. The third-order valence-electron chi connectivity index (χ3n) is 14.9. The molecule has 1 saturated heterocycles. The van der Waals surface area contributed by atoms with E-state index in [0.717, 1.165) is 6.42 Å². The fourth-order valence-corrected chi connectivity index (χ4v) is 13.7. The highest BCUT2D eigenvalue weighted by Crippen LogP contribution is 2.65. The van der Waals surface area contributed by atoms with Gasteiger partial charge in [-0.3, -0.25) is 19.2 Å². The van der Waals surface area contributed by atoms with E-state index in [1.54, 1.807) is 41.5 Å². The quantitative estimate of drug-likeness (QED) is 0.140. The van der Waals surface area contributed by atoms with E-state index in [0.29, 0.717) is 57.8 Å². The summed E-state index contributed by atoms with van der Waals surface area (Å²) in [7, 11) is 0. The molecule has 8 bridgehead atoms. The van der Waals surface area contributed by atoms with E-state index in [1.807, 2.05) is 27.7 Å². The van der Waals surface area contributed by atoms with Crippen LogP contribution in [0.15, 0.2) is 0 Å². The SMILES string of the molecule is C.C.C.C.C.C.CCC(C)(CC(C)(CC(C)(C)C(=O)OC1CC(C)(C)OC1=O)C(=O)OC12CC3CC(CC(O)(C3)C1)C2)C(=O)OC12CC3CC(O)(C1)CC(C(=O)OC(C)(C)C)(C3)C2. The van der Waals surface area contributed by atoms with Gasteiger partial charge in [0.1, 0.15) is 22.4 Å². The lowest BCUT2D eigenvalue weighted by Crippen LogP contribution is -2.67. The van der Waals surface area contributed by atoms with Crippen LogP contribution in [0.3, 0.4) is 0 Å². The molecule has 1 aliphatic heterocycles. The van der Waals surface area contributed by atoms with Gasteiger partial charge in [0.15, 0.2) is 0 Å². The summed E-state index contributed by atoms with van der Waals surface area (Å²) in [5, 5.41) is 23.4. The lowest BCUT2D eigenvalue weighted by molar-refractivity contribution is -0.254. The minimum atomic E-state index is -1.43. The Balaban J connectivity index is 0.00000331. The van der Waals surface area contributed by atoms with Gasteiger partial charge in [0.25, 0.3) is 0 Å². The Morgan fingerprint density at radius 1 is 0.635 bits per heavy atom. The second kappa shape index (κ2) is 18.2. The second-order valence-electron chi connectivity index (χ2n) is 23.3. The molecular weight excluding hydrogens is 805 g/mol. The summed E-state index contributed by atoms with van der Waals surface area (Å²) >= 11 is 0. The molecule has 1 heterocycles. The van der Waals surface area contributed by atoms with Gasteiger partial charge in [-0.05, 0) is 157 Å². The molecule has 9 aliphatic rings. The van der Waals surface area contributed by atoms with Gasteiger partial charge >= 0.3 is 29.8 Å². The van der Waals surface area contributed by atoms with Crippen LogP contribution in [0.4, 0.5) is 0 Å². The lowest BCUT2D eigenvalue weighted by atomic mass is 9.46. The molecule has 9 fully saturated rings. The standard InChI is InChI=1S/C45H68O12.6CH4/c1-11-39(9,33(48)57-45-19-29-13-41(24-45,23-43(52,16-29)26-45)35(50)55-36(2,3)4)22-40(10,21-37(5,6)32(47)53-30-20-38(7,8)54-31(30)46)34(49)56-44-17-27-12-28(18-44)15-42(51,14-27)25-44;;;;;;/h27-30,51-52H,11-26H2,1-10H3;6*1H4. The van der Waals surface area contributed by atoms with Crippen LogP contribution in [-0.2, 0) is 47.7 Å². The van der Waals surface area contributed by atoms with Crippen molar-refractivity contribution in [3.63, 3.8) is 0 Å². The second-order valence-corrected chi connectivity index (χ2v) is 23.3. The molecule has 368 valence electrons. The van der Waals surface area contributed by atoms with Gasteiger partial charge in [-0.15, -0.1) is 0 Å². The monoisotopic (exact) mass is 897 g/mol. The van der Waals surface area contributed by atoms with Crippen molar-refractivity contribution in [1.82, 2.24) is 0 Å². The zero-order valence-corrected chi connectivity index (χ0v) is 36.1. The molecule has 8 saturated carbocycles. The molecule has 0 aromatic rings. The molecule has 2 N–H and O–H groups in total. The molecule has 9 rings (SSSR count). The number of hydrogen-bond acceptors (Lipinski definition) is 12. The average molecular weight is 897 g/mol. The third kappa shape index (κ3) is 11.1. The first-order valence-corrected chi connectivity index (χ1v) is 21.5. The number of rotatable bonds is 12. The maximum Gasteiger partial charge on any atom is 0.348 e. The summed E-state index contributed by atoms with van der Waals surface area (Å²) in [4.78, 5) is 70.2. The predicted molar refractivity (Wildman–Crippen MR) is 246 cm³/mol. The first kappa shape index (κ1) is 58.3. The van der Waals surface area contributed by atoms with Crippen molar-refractivity contribution in [1.29, 1.82) is 0 Å². The fourth-order valence-electron chi connectivity index (χ4n) is 13.7. The van der Waals surface area contributed by atoms with Crippen LogP contribution in [0.2, 0.25) is 0 Å². The zero-order valence-electron chi connectivity index (χ0n) is 36.1. The average Bonchev–Trinajstić information content (AvgIpc) is 3.26. The summed E-state index contributed by atoms with van der Waals surface area (Å²) < 4.78 is 30.3. The fraction of sp³-hybridized carbons (Fsp3) is 0.902. The van der Waals surface area contributed by atoms with E-state index in [1.165, 1.54) is 0 Å². The lowest BCUT2D eigenvalue weighted by Gasteiger charge is -2.63. The highest BCUT2D eigenvalue weighted by Gasteiger charge is 2.69. The predicted octanol–water partition coefficient (Wildman–Crippen LogP) is 10.6. The summed E-state index contributed by atoms with van der Waals surface area (Å²) in [5.74, 6) is -2.24. The molecule has 9 unspecified atom stereocenters. The Hall–Kier alpha value is -2.73. The Morgan fingerprint density at radius 2 is 1.14 bits per heavy atom. The molecule has 0 aromatic carbocycles. The van der Waals surface area contributed by atoms with Gasteiger partial charge < -0.3 is 33.9 Å². The molecule has 8 aliphatic carbocycles. The van der Waals surface area contributed by atoms with Gasteiger partial charge in [-0.25, -0.2) is 4.79 Å². The number of carbonyl (C=O) groups is 5. The Morgan fingerprint density at radius 3 is 1.63 bits per heavy atom. The van der Waals surface area contributed by atoms with Crippen LogP contribution < -0.4 is 0 Å². The highest BCUT2D eigenvalue weighted by atomic mass is 16.6. The number of aliphatic hydroxyl groups is 2. The van der Waals surface area contributed by atoms with E-state index < -0.39 is 85.2 Å². The van der Waals surface area contributed by atoms with E-state index in [2.05, 4.69) is 0 Å². The maximum atomic E-state index is 15.0. The summed E-state index contributed by atoms with van der Waals surface area (Å²) in [5.41, 5.74) is -10.4. The summed E-state index contributed by atoms with van der Waals surface area (Å²) in [6.45, 7) is 17.7. The molecule has 9 atom stereocenters. The van der Waals surface area contributed by atoms with Crippen molar-refractivity contribution < 1.29 is 57.9 Å². The zero-order chi connectivity index (χ0) is 42.0. The van der Waals surface area contributed by atoms with Crippen molar-refractivity contribution >= 4 is 29.8 Å². The minimum absolute atomic E-state index is 0. The van der Waals surface area contributed by atoms with Crippen LogP contribution in [0.1, 0.15) is 217 Å². The summed E-state index contributed by atoms with van der Waals surface area (Å²) in [6.07, 6.45) is 5.79. The van der Waals surface area contributed by atoms with Crippen molar-refractivity contribution in [3.05, 3.63) is 0 Å². The highest BCUT2D eigenvalue weighted by molar-refractivity contribution is 5.85. The van der Waals surface area contributed by atoms with Crippen LogP contribution >= 0.6 is 0 Å². The maximum absolute atomic E-state index is 15.0. The van der Waals surface area contributed by atoms with Gasteiger partial charge in [0.2, 0.25) is 6.10 Å². The first-order valence-electron chi connectivity index (χ1n) is 21.5. The van der Waals surface area contributed by atoms with E-state index in [4.69, 9.17) is 23.7 Å². The van der Waals surface area contributed by atoms with Crippen LogP contribution in [0.25, 0.3) is 0 Å². The molecular formula is C51H92O12. The Labute approximate surface area is 382 Å². The van der Waals surface area contributed by atoms with Crippen LogP contribution in [-0.4, -0.2) is 79.8 Å². The number of esters is 5. The number of ether oxygens (including phenoxy) is 5. The topological polar surface area (TPSA) is 172 Å². The molecule has 0 aromatic heterocycles. The van der Waals surface area contributed by atoms with Crippen molar-refractivity contribution in [2.75, 3.05) is 0 Å². The molecule has 12 heteroatoms. The molecule has 0 amide bonds. The largest absolute Gasteiger partial charge is 0.460 e. The smallest absolute Gasteiger partial charge is 0.348 e. The number of carbonyl (C=O) groups excluding carboxylic acids is 5. The van der Waals surface area contributed by atoms with Gasteiger partial charge in [0, 0.05) is 25.7 Å². The Kier molecular flexibility index (Phi) is 16.8. The number of hydrogen-bond donors (Lipinski definition) is 2. The number of cyclic esters (lactones) is 1. The molecule has 0 spiro atoms. The third-order valence-corrected chi connectivity index (χ3v) is 14.9. The van der Waals surface area contributed by atoms with Gasteiger partial charge in [-0.2, -0.15) is 0 Å². The van der Waals surface area contributed by atoms with Crippen LogP contribution in [0.5, 0.6) is 0 Å². The van der Waals surface area contributed by atoms with Crippen molar-refractivity contribution in [2.45, 2.75) is 256 Å². The van der Waals surface area contributed by atoms with Gasteiger partial charge in [-0.1, -0.05) is 51.5 Å². The van der Waals surface area contributed by atoms with Crippen molar-refractivity contribution in [3.8, 4) is 0 Å². The minimum Gasteiger partial charge on any atom is -0.460 e. The first-order chi connectivity index (χ1) is 26.0. The molecule has 0 radical (unpaired) electrons. The van der Waals surface area contributed by atoms with Gasteiger partial charge in [0.05, 0.1) is 32.9 Å². The van der Waals surface area contributed by atoms with E-state index >= 15 is 0 Å². The van der Waals surface area contributed by atoms with E-state index in [-0.39, 0.29) is 107 Å². The molecule has 12 nitrogen and oxygen atoms in total. The van der Waals surface area contributed by atoms with E-state index in [9.17, 15) is 34.2 Å². The Bertz CT molecular complexity index is 1700. The molecule has 63 heavy (non-hydrogen) atoms.